The van der Waals surface area contributed by atoms with Crippen molar-refractivity contribution >= 4 is 17.8 Å². The molecule has 1 aromatic rings. The van der Waals surface area contributed by atoms with E-state index in [0.29, 0.717) is 12.1 Å². The van der Waals surface area contributed by atoms with Crippen LogP contribution in [0.15, 0.2) is 46.5 Å². The number of rotatable bonds is 6. The van der Waals surface area contributed by atoms with Crippen LogP contribution < -0.4 is 0 Å². The summed E-state index contributed by atoms with van der Waals surface area (Å²) in [6.07, 6.45) is -11.0. The van der Waals surface area contributed by atoms with Gasteiger partial charge in [-0.3, -0.25) is 9.89 Å². The van der Waals surface area contributed by atoms with Crippen molar-refractivity contribution < 1.29 is 55.6 Å². The zero-order chi connectivity index (χ0) is 29.3. The Morgan fingerprint density at radius 1 is 1.13 bits per heavy atom. The Morgan fingerprint density at radius 3 is 2.21 bits per heavy atom. The molecule has 2 aliphatic rings. The number of ether oxygens (including phenoxy) is 2. The second-order valence-electron chi connectivity index (χ2n) is 9.03. The zero-order valence-corrected chi connectivity index (χ0v) is 21.1. The summed E-state index contributed by atoms with van der Waals surface area (Å²) in [4.78, 5) is 31.9. The van der Waals surface area contributed by atoms with E-state index >= 15 is 0 Å². The van der Waals surface area contributed by atoms with Gasteiger partial charge in [-0.15, -0.1) is 0 Å². The summed E-state index contributed by atoms with van der Waals surface area (Å²) in [5, 5.41) is 19.2. The Kier molecular flexibility index (Phi) is 8.51. The van der Waals surface area contributed by atoms with E-state index in [1.54, 1.807) is 6.92 Å². The number of alkyl halides is 6. The van der Waals surface area contributed by atoms with Crippen molar-refractivity contribution in [1.29, 1.82) is 0 Å². The Bertz CT molecular complexity index is 1190. The van der Waals surface area contributed by atoms with Crippen LogP contribution in [0.4, 0.5) is 31.1 Å². The van der Waals surface area contributed by atoms with Crippen molar-refractivity contribution in [2.75, 3.05) is 13.7 Å². The number of aliphatic imine (C=N–C) groups is 1. The number of halogens is 6. The molecule has 0 saturated heterocycles. The van der Waals surface area contributed by atoms with E-state index in [2.05, 4.69) is 4.99 Å². The normalized spacial score (nSPS) is 21.4. The van der Waals surface area contributed by atoms with E-state index in [-0.39, 0.29) is 42.4 Å². The molecule has 2 atom stereocenters. The molecule has 1 amide bonds. The topological polar surface area (TPSA) is 109 Å². The first kappa shape index (κ1) is 30.2. The van der Waals surface area contributed by atoms with Gasteiger partial charge in [0.25, 0.3) is 0 Å². The number of hydrogen-bond donors (Lipinski definition) is 2. The lowest BCUT2D eigenvalue weighted by Gasteiger charge is -2.46. The van der Waals surface area contributed by atoms with E-state index in [0.717, 1.165) is 12.0 Å². The van der Waals surface area contributed by atoms with E-state index in [1.807, 2.05) is 0 Å². The van der Waals surface area contributed by atoms with Gasteiger partial charge in [-0.25, -0.2) is 9.59 Å². The van der Waals surface area contributed by atoms with Gasteiger partial charge in [0.05, 0.1) is 43.1 Å². The Balaban J connectivity index is 2.25. The smallest absolute Gasteiger partial charge is 0.416 e. The number of esters is 1. The summed E-state index contributed by atoms with van der Waals surface area (Å²) in [6, 6.07) is 0.158. The lowest BCUT2D eigenvalue weighted by molar-refractivity contribution is -0.155. The Labute approximate surface area is 219 Å². The van der Waals surface area contributed by atoms with Crippen LogP contribution in [0.25, 0.3) is 0 Å². The van der Waals surface area contributed by atoms with Crippen LogP contribution in [0.2, 0.25) is 0 Å². The van der Waals surface area contributed by atoms with Crippen LogP contribution in [0, 0.1) is 0 Å². The zero-order valence-electron chi connectivity index (χ0n) is 21.1. The third kappa shape index (κ3) is 6.11. The first-order valence-corrected chi connectivity index (χ1v) is 11.7. The molecule has 0 spiro atoms. The minimum atomic E-state index is -5.14. The molecular weight excluding hydrogens is 538 g/mol. The number of nitrogens with zero attached hydrogens (tertiary/aromatic N) is 2. The Hall–Kier alpha value is -3.39. The first-order valence-electron chi connectivity index (χ1n) is 11.7. The van der Waals surface area contributed by atoms with Crippen LogP contribution in [-0.4, -0.2) is 64.5 Å². The quantitative estimate of drug-likeness (QED) is 0.302. The number of aliphatic hydroxyl groups excluding tert-OH is 1. The summed E-state index contributed by atoms with van der Waals surface area (Å²) in [7, 11) is 0.943. The highest BCUT2D eigenvalue weighted by Crippen LogP contribution is 2.42. The van der Waals surface area contributed by atoms with E-state index < -0.39 is 65.5 Å². The summed E-state index contributed by atoms with van der Waals surface area (Å²) in [5.74, 6) is -1.01. The van der Waals surface area contributed by atoms with Gasteiger partial charge >= 0.3 is 24.4 Å². The number of hydrogen-bond acceptors (Lipinski definition) is 7. The molecule has 14 heteroatoms. The van der Waals surface area contributed by atoms with Crippen LogP contribution >= 0.6 is 0 Å². The maximum absolute atomic E-state index is 13.6. The van der Waals surface area contributed by atoms with E-state index in [9.17, 15) is 46.1 Å². The molecule has 0 aromatic heterocycles. The predicted molar refractivity (Wildman–Crippen MR) is 124 cm³/mol. The molecule has 214 valence electrons. The lowest BCUT2D eigenvalue weighted by atomic mass is 9.74. The molecule has 0 radical (unpaired) electrons. The number of benzene rings is 1. The molecule has 39 heavy (non-hydrogen) atoms. The molecule has 1 aromatic carbocycles. The van der Waals surface area contributed by atoms with Crippen molar-refractivity contribution in [2.24, 2.45) is 4.99 Å². The second kappa shape index (κ2) is 11.0. The standard InChI is InChI=1S/C25H26F6N2O6/c1-4-39-21(36)23(11-13(2)32-19-9-15(20(34)35)5-6-18(19)23)33(22(37)38-3)12-14-7-16(24(26,27)28)10-17(8-14)25(29,30)31/h6-10,13,20,34-35H,4-5,11-12H2,1-3H3. The maximum atomic E-state index is 13.6. The molecule has 2 unspecified atom stereocenters. The fourth-order valence-electron chi connectivity index (χ4n) is 4.69. The van der Waals surface area contributed by atoms with Crippen molar-refractivity contribution in [3.8, 4) is 0 Å². The number of fused-ring (bicyclic) bond motifs is 1. The Morgan fingerprint density at radius 2 is 1.72 bits per heavy atom. The van der Waals surface area contributed by atoms with Crippen molar-refractivity contribution in [2.45, 2.75) is 63.5 Å². The number of aliphatic hydroxyl groups is 2. The largest absolute Gasteiger partial charge is 0.464 e. The lowest BCUT2D eigenvalue weighted by Crippen LogP contribution is -2.62. The summed E-state index contributed by atoms with van der Waals surface area (Å²) < 4.78 is 91.2. The van der Waals surface area contributed by atoms with Crippen LogP contribution in [0.5, 0.6) is 0 Å². The molecule has 3 rings (SSSR count). The second-order valence-corrected chi connectivity index (χ2v) is 9.03. The number of amides is 1. The fraction of sp³-hybridized carbons (Fsp3) is 0.480. The molecular formula is C25H26F6N2O6. The van der Waals surface area contributed by atoms with Crippen molar-refractivity contribution in [3.05, 3.63) is 58.2 Å². The van der Waals surface area contributed by atoms with Gasteiger partial charge in [0, 0.05) is 12.0 Å². The van der Waals surface area contributed by atoms with Gasteiger partial charge in [0.1, 0.15) is 0 Å². The van der Waals surface area contributed by atoms with Gasteiger partial charge < -0.3 is 19.7 Å². The summed E-state index contributed by atoms with van der Waals surface area (Å²) >= 11 is 0. The minimum Gasteiger partial charge on any atom is -0.464 e. The van der Waals surface area contributed by atoms with Crippen LogP contribution in [-0.2, 0) is 33.2 Å². The van der Waals surface area contributed by atoms with E-state index in [4.69, 9.17) is 9.47 Å². The van der Waals surface area contributed by atoms with Gasteiger partial charge in [-0.05, 0) is 55.7 Å². The van der Waals surface area contributed by atoms with Crippen molar-refractivity contribution in [1.82, 2.24) is 4.90 Å². The average molecular weight is 564 g/mol. The predicted octanol–water partition coefficient (Wildman–Crippen LogP) is 4.39. The number of methoxy groups -OCH3 is 1. The van der Waals surface area contributed by atoms with Gasteiger partial charge in [0.2, 0.25) is 0 Å². The van der Waals surface area contributed by atoms with E-state index in [1.165, 1.54) is 19.1 Å². The van der Waals surface area contributed by atoms with Gasteiger partial charge in [0.15, 0.2) is 11.8 Å². The molecule has 8 nitrogen and oxygen atoms in total. The highest BCUT2D eigenvalue weighted by atomic mass is 19.4. The summed E-state index contributed by atoms with van der Waals surface area (Å²) in [5.41, 5.74) is -5.58. The molecule has 0 bridgehead atoms. The number of carbonyl (C=O) groups excluding carboxylic acids is 2. The number of carbonyl (C=O) groups is 2. The number of allylic oxidation sites excluding steroid dienone is 2. The minimum absolute atomic E-state index is 0.0449. The summed E-state index contributed by atoms with van der Waals surface area (Å²) in [6.45, 7) is 1.99. The third-order valence-corrected chi connectivity index (χ3v) is 6.32. The molecule has 0 saturated carbocycles. The third-order valence-electron chi connectivity index (χ3n) is 6.32. The highest BCUT2D eigenvalue weighted by molar-refractivity contribution is 6.16. The van der Waals surface area contributed by atoms with Gasteiger partial charge in [-0.1, -0.05) is 6.08 Å². The molecule has 1 aliphatic heterocycles. The maximum Gasteiger partial charge on any atom is 0.416 e. The highest BCUT2D eigenvalue weighted by Gasteiger charge is 2.55. The first-order chi connectivity index (χ1) is 18.0. The SMILES string of the molecule is CCOC(=O)C1(N(Cc2cc(C(F)(F)F)cc(C(F)(F)F)c2)C(=O)OC)CC(C)N=C2C=C(C(O)O)CC=C21. The van der Waals surface area contributed by atoms with Gasteiger partial charge in [-0.2, -0.15) is 26.3 Å². The van der Waals surface area contributed by atoms with Crippen LogP contribution in [0.1, 0.15) is 43.4 Å². The monoisotopic (exact) mass is 564 g/mol. The van der Waals surface area contributed by atoms with Crippen LogP contribution in [0.3, 0.4) is 0 Å². The molecule has 2 N–H and O–H groups in total. The fourth-order valence-corrected chi connectivity index (χ4v) is 4.69. The molecule has 1 heterocycles. The van der Waals surface area contributed by atoms with Crippen molar-refractivity contribution in [3.63, 3.8) is 0 Å². The molecule has 0 fully saturated rings. The molecule has 1 aliphatic carbocycles. The average Bonchev–Trinajstić information content (AvgIpc) is 2.84.